The van der Waals surface area contributed by atoms with Gasteiger partial charge in [0.2, 0.25) is 5.91 Å². The van der Waals surface area contributed by atoms with Crippen LogP contribution in [0.5, 0.6) is 0 Å². The van der Waals surface area contributed by atoms with E-state index >= 15 is 0 Å². The molecule has 6 nitrogen and oxygen atoms in total. The minimum atomic E-state index is -0.830. The fourth-order valence-electron chi connectivity index (χ4n) is 2.29. The lowest BCUT2D eigenvalue weighted by molar-refractivity contribution is -0.114. The molecule has 1 atom stereocenters. The minimum absolute atomic E-state index is 0. The summed E-state index contributed by atoms with van der Waals surface area (Å²) in [6.45, 7) is 2.66. The summed E-state index contributed by atoms with van der Waals surface area (Å²) in [5.74, 6) is 0.188. The Morgan fingerprint density at radius 3 is 2.36 bits per heavy atom. The summed E-state index contributed by atoms with van der Waals surface area (Å²) in [5, 5.41) is 20.0. The zero-order valence-corrected chi connectivity index (χ0v) is 19.1. The molecule has 2 aromatic rings. The van der Waals surface area contributed by atoms with Gasteiger partial charge >= 0.3 is 0 Å². The van der Waals surface area contributed by atoms with Crippen LogP contribution < -0.4 is 16.0 Å². The number of nitrogens with zero attached hydrogens (tertiary/aromatic N) is 1. The van der Waals surface area contributed by atoms with E-state index in [0.29, 0.717) is 33.8 Å². The third kappa shape index (κ3) is 8.64. The summed E-state index contributed by atoms with van der Waals surface area (Å²) >= 11 is 11.9. The number of hydrogen-bond donors (Lipinski definition) is 4. The average Bonchev–Trinajstić information content (AvgIpc) is 2.63. The van der Waals surface area contributed by atoms with Crippen molar-refractivity contribution in [3.05, 3.63) is 64.1 Å². The van der Waals surface area contributed by atoms with Crippen LogP contribution >= 0.6 is 47.2 Å². The molecule has 4 N–H and O–H groups in total. The number of rotatable bonds is 7. The van der Waals surface area contributed by atoms with Crippen molar-refractivity contribution in [3.8, 4) is 0 Å². The van der Waals surface area contributed by atoms with E-state index in [1.54, 1.807) is 30.3 Å². The largest absolute Gasteiger partial charge is 0.387 e. The second kappa shape index (κ2) is 12.8. The van der Waals surface area contributed by atoms with Gasteiger partial charge in [-0.25, -0.2) is 4.99 Å². The maximum absolute atomic E-state index is 12.0. The van der Waals surface area contributed by atoms with Gasteiger partial charge in [0.15, 0.2) is 5.96 Å². The Morgan fingerprint density at radius 1 is 1.11 bits per heavy atom. The van der Waals surface area contributed by atoms with Crippen LogP contribution in [0.3, 0.4) is 0 Å². The number of hydrogen-bond acceptors (Lipinski definition) is 3. The number of aliphatic hydroxyl groups is 1. The maximum atomic E-state index is 12.0. The number of halogens is 3. The van der Waals surface area contributed by atoms with Crippen LogP contribution in [-0.4, -0.2) is 36.6 Å². The van der Waals surface area contributed by atoms with Crippen molar-refractivity contribution in [1.82, 2.24) is 10.6 Å². The first kappa shape index (κ1) is 24.5. The molecular weight excluding hydrogens is 514 g/mol. The van der Waals surface area contributed by atoms with Crippen LogP contribution in [0, 0.1) is 0 Å². The third-order valence-corrected chi connectivity index (χ3v) is 3.95. The van der Waals surface area contributed by atoms with Crippen molar-refractivity contribution in [1.29, 1.82) is 0 Å². The standard InChI is InChI=1S/C19H22Cl2N4O2.HI/c1-2-22-19(24-12-18(27)25-16-6-4-3-5-7-16)23-11-17(26)13-8-14(20)10-15(21)9-13;/h3-10,17,26H,2,11-12H2,1H3,(H,25,27)(H2,22,23,24);1H. The number of benzene rings is 2. The molecule has 28 heavy (non-hydrogen) atoms. The van der Waals surface area contributed by atoms with Gasteiger partial charge in [0.25, 0.3) is 0 Å². The normalized spacial score (nSPS) is 11.9. The first-order chi connectivity index (χ1) is 13.0. The molecule has 0 saturated heterocycles. The molecule has 0 aliphatic carbocycles. The minimum Gasteiger partial charge on any atom is -0.387 e. The molecule has 9 heteroatoms. The first-order valence-electron chi connectivity index (χ1n) is 8.49. The summed E-state index contributed by atoms with van der Waals surface area (Å²) in [6.07, 6.45) is -0.830. The van der Waals surface area contributed by atoms with Gasteiger partial charge < -0.3 is 21.1 Å². The monoisotopic (exact) mass is 536 g/mol. The van der Waals surface area contributed by atoms with Gasteiger partial charge in [-0.2, -0.15) is 0 Å². The van der Waals surface area contributed by atoms with Gasteiger partial charge in [0.1, 0.15) is 6.54 Å². The molecule has 1 unspecified atom stereocenters. The maximum Gasteiger partial charge on any atom is 0.246 e. The molecule has 152 valence electrons. The highest BCUT2D eigenvalue weighted by Crippen LogP contribution is 2.23. The zero-order chi connectivity index (χ0) is 19.6. The molecule has 0 aromatic heterocycles. The van der Waals surface area contributed by atoms with E-state index in [1.165, 1.54) is 0 Å². The fourth-order valence-corrected chi connectivity index (χ4v) is 2.84. The Kier molecular flexibility index (Phi) is 11.2. The Bertz CT molecular complexity index is 771. The van der Waals surface area contributed by atoms with Crippen molar-refractivity contribution in [2.75, 3.05) is 25.0 Å². The smallest absolute Gasteiger partial charge is 0.246 e. The van der Waals surface area contributed by atoms with Crippen LogP contribution in [-0.2, 0) is 4.79 Å². The van der Waals surface area contributed by atoms with Crippen LogP contribution in [0.4, 0.5) is 5.69 Å². The average molecular weight is 537 g/mol. The number of carbonyl (C=O) groups is 1. The SMILES string of the molecule is CCNC(=NCC(=O)Nc1ccccc1)NCC(O)c1cc(Cl)cc(Cl)c1.I. The van der Waals surface area contributed by atoms with E-state index in [-0.39, 0.29) is 43.0 Å². The topological polar surface area (TPSA) is 85.8 Å². The number of para-hydroxylation sites is 1. The predicted molar refractivity (Wildman–Crippen MR) is 126 cm³/mol. The fraction of sp³-hybridized carbons (Fsp3) is 0.263. The molecule has 0 spiro atoms. The molecule has 0 aliphatic heterocycles. The van der Waals surface area contributed by atoms with E-state index < -0.39 is 6.10 Å². The highest BCUT2D eigenvalue weighted by molar-refractivity contribution is 14.0. The summed E-state index contributed by atoms with van der Waals surface area (Å²) in [7, 11) is 0. The summed E-state index contributed by atoms with van der Waals surface area (Å²) in [6, 6.07) is 14.1. The number of aliphatic imine (C=N–C) groups is 1. The Labute approximate surface area is 191 Å². The molecule has 2 aromatic carbocycles. The van der Waals surface area contributed by atoms with E-state index in [1.807, 2.05) is 25.1 Å². The molecule has 0 radical (unpaired) electrons. The van der Waals surface area contributed by atoms with E-state index in [4.69, 9.17) is 23.2 Å². The Morgan fingerprint density at radius 2 is 1.75 bits per heavy atom. The Hall–Kier alpha value is -1.55. The second-order valence-corrected chi connectivity index (χ2v) is 6.58. The third-order valence-electron chi connectivity index (χ3n) is 3.52. The van der Waals surface area contributed by atoms with Crippen LogP contribution in [0.15, 0.2) is 53.5 Å². The number of anilines is 1. The van der Waals surface area contributed by atoms with E-state index in [2.05, 4.69) is 20.9 Å². The van der Waals surface area contributed by atoms with Crippen LogP contribution in [0.25, 0.3) is 0 Å². The molecule has 1 amide bonds. The van der Waals surface area contributed by atoms with Crippen molar-refractivity contribution in [3.63, 3.8) is 0 Å². The number of amides is 1. The zero-order valence-electron chi connectivity index (χ0n) is 15.3. The van der Waals surface area contributed by atoms with E-state index in [9.17, 15) is 9.90 Å². The van der Waals surface area contributed by atoms with Gasteiger partial charge in [0.05, 0.1) is 6.10 Å². The molecule has 2 rings (SSSR count). The quantitative estimate of drug-likeness (QED) is 0.246. The highest BCUT2D eigenvalue weighted by Gasteiger charge is 2.11. The van der Waals surface area contributed by atoms with Crippen molar-refractivity contribution in [2.24, 2.45) is 4.99 Å². The molecular formula is C19H23Cl2IN4O2. The van der Waals surface area contributed by atoms with Crippen LogP contribution in [0.2, 0.25) is 10.0 Å². The Balaban J connectivity index is 0.00000392. The van der Waals surface area contributed by atoms with Crippen LogP contribution in [0.1, 0.15) is 18.6 Å². The van der Waals surface area contributed by atoms with Crippen molar-refractivity contribution < 1.29 is 9.90 Å². The van der Waals surface area contributed by atoms with Gasteiger partial charge in [-0.1, -0.05) is 41.4 Å². The lowest BCUT2D eigenvalue weighted by Crippen LogP contribution is -2.40. The molecule has 0 heterocycles. The van der Waals surface area contributed by atoms with Gasteiger partial charge in [0, 0.05) is 28.8 Å². The number of carbonyl (C=O) groups excluding carboxylic acids is 1. The van der Waals surface area contributed by atoms with Gasteiger partial charge in [-0.05, 0) is 42.8 Å². The van der Waals surface area contributed by atoms with Gasteiger partial charge in [-0.15, -0.1) is 24.0 Å². The molecule has 0 aliphatic rings. The lowest BCUT2D eigenvalue weighted by atomic mass is 10.1. The summed E-state index contributed by atoms with van der Waals surface area (Å²) < 4.78 is 0. The number of aliphatic hydroxyl groups excluding tert-OH is 1. The summed E-state index contributed by atoms with van der Waals surface area (Å²) in [5.41, 5.74) is 1.31. The van der Waals surface area contributed by atoms with Crippen molar-refractivity contribution in [2.45, 2.75) is 13.0 Å². The highest BCUT2D eigenvalue weighted by atomic mass is 127. The van der Waals surface area contributed by atoms with E-state index in [0.717, 1.165) is 0 Å². The second-order valence-electron chi connectivity index (χ2n) is 5.71. The molecule has 0 bridgehead atoms. The number of nitrogens with one attached hydrogen (secondary N) is 3. The predicted octanol–water partition coefficient (Wildman–Crippen LogP) is 3.84. The number of guanidine groups is 1. The molecule has 0 saturated carbocycles. The van der Waals surface area contributed by atoms with Gasteiger partial charge in [-0.3, -0.25) is 4.79 Å². The lowest BCUT2D eigenvalue weighted by Gasteiger charge is -2.16. The van der Waals surface area contributed by atoms with Crippen molar-refractivity contribution >= 4 is 64.7 Å². The summed E-state index contributed by atoms with van der Waals surface area (Å²) in [4.78, 5) is 16.2. The first-order valence-corrected chi connectivity index (χ1v) is 9.24. The molecule has 0 fully saturated rings.